The summed E-state index contributed by atoms with van der Waals surface area (Å²) in [4.78, 5) is 0. The fourth-order valence-corrected chi connectivity index (χ4v) is 8.35. The van der Waals surface area contributed by atoms with Crippen LogP contribution < -0.4 is 10.4 Å². The lowest BCUT2D eigenvalue weighted by molar-refractivity contribution is 0.795. The standard InChI is InChI=1S/C25H32Si/c1-4-6-12-21-17-19-24(20-18-21)26(3,23-14-8-7-9-15-23)25-16-10-13-22(25)11-5-2/h7-10,13-15,17-20H,4-6,11-12,16H2,1-3H3. The van der Waals surface area contributed by atoms with Crippen LogP contribution in [0.4, 0.5) is 0 Å². The van der Waals surface area contributed by atoms with E-state index in [1.807, 2.05) is 0 Å². The molecule has 0 fully saturated rings. The second kappa shape index (κ2) is 8.68. The van der Waals surface area contributed by atoms with E-state index in [1.165, 1.54) is 42.9 Å². The van der Waals surface area contributed by atoms with Crippen molar-refractivity contribution in [3.05, 3.63) is 83.1 Å². The molecule has 0 spiro atoms. The molecule has 0 nitrogen and oxygen atoms in total. The Bertz CT molecular complexity index is 768. The van der Waals surface area contributed by atoms with Crippen LogP contribution in [0, 0.1) is 0 Å². The van der Waals surface area contributed by atoms with Gasteiger partial charge in [0.05, 0.1) is 0 Å². The molecule has 26 heavy (non-hydrogen) atoms. The molecule has 1 unspecified atom stereocenters. The highest BCUT2D eigenvalue weighted by Crippen LogP contribution is 2.31. The number of aryl methyl sites for hydroxylation is 1. The number of unbranched alkanes of at least 4 members (excludes halogenated alkanes) is 1. The lowest BCUT2D eigenvalue weighted by Gasteiger charge is -2.32. The van der Waals surface area contributed by atoms with Crippen LogP contribution in [0.25, 0.3) is 0 Å². The fraction of sp³-hybridized carbons (Fsp3) is 0.360. The van der Waals surface area contributed by atoms with Crippen molar-refractivity contribution in [3.63, 3.8) is 0 Å². The molecule has 3 rings (SSSR count). The van der Waals surface area contributed by atoms with E-state index in [9.17, 15) is 0 Å². The van der Waals surface area contributed by atoms with E-state index in [4.69, 9.17) is 0 Å². The molecule has 0 aromatic heterocycles. The van der Waals surface area contributed by atoms with Gasteiger partial charge < -0.3 is 0 Å². The van der Waals surface area contributed by atoms with Crippen molar-refractivity contribution in [1.82, 2.24) is 0 Å². The third-order valence-electron chi connectivity index (χ3n) is 5.85. The number of rotatable bonds is 8. The van der Waals surface area contributed by atoms with Crippen molar-refractivity contribution in [2.75, 3.05) is 0 Å². The van der Waals surface area contributed by atoms with Crippen molar-refractivity contribution < 1.29 is 0 Å². The molecule has 0 aliphatic heterocycles. The van der Waals surface area contributed by atoms with Crippen LogP contribution >= 0.6 is 0 Å². The predicted molar refractivity (Wildman–Crippen MR) is 118 cm³/mol. The number of allylic oxidation sites excluding steroid dienone is 4. The van der Waals surface area contributed by atoms with E-state index in [-0.39, 0.29) is 0 Å². The topological polar surface area (TPSA) is 0 Å². The SMILES string of the molecule is CCCCc1ccc([Si](C)(C2=C(CCC)C=CC2)c2ccccc2)cc1. The molecule has 0 bridgehead atoms. The van der Waals surface area contributed by atoms with Crippen LogP contribution in [0.2, 0.25) is 6.55 Å². The molecule has 2 aromatic carbocycles. The Hall–Kier alpha value is -1.86. The van der Waals surface area contributed by atoms with Gasteiger partial charge in [0.2, 0.25) is 0 Å². The lowest BCUT2D eigenvalue weighted by atomic mass is 10.1. The summed E-state index contributed by atoms with van der Waals surface area (Å²) in [6, 6.07) is 20.9. The second-order valence-electron chi connectivity index (χ2n) is 7.65. The Labute approximate surface area is 160 Å². The van der Waals surface area contributed by atoms with E-state index in [1.54, 1.807) is 16.0 Å². The average Bonchev–Trinajstić information content (AvgIpc) is 3.16. The summed E-state index contributed by atoms with van der Waals surface area (Å²) in [5.74, 6) is 0. The summed E-state index contributed by atoms with van der Waals surface area (Å²) in [7, 11) is -1.91. The van der Waals surface area contributed by atoms with Gasteiger partial charge in [0.1, 0.15) is 8.07 Å². The molecule has 0 heterocycles. The molecular weight excluding hydrogens is 328 g/mol. The summed E-state index contributed by atoms with van der Waals surface area (Å²) in [5.41, 5.74) is 3.08. The van der Waals surface area contributed by atoms with Crippen molar-refractivity contribution >= 4 is 18.4 Å². The van der Waals surface area contributed by atoms with E-state index in [0.717, 1.165) is 6.42 Å². The Morgan fingerprint density at radius 2 is 1.50 bits per heavy atom. The molecule has 0 N–H and O–H groups in total. The second-order valence-corrected chi connectivity index (χ2v) is 11.7. The van der Waals surface area contributed by atoms with E-state index in [0.29, 0.717) is 0 Å². The highest BCUT2D eigenvalue weighted by Gasteiger charge is 2.37. The van der Waals surface area contributed by atoms with Gasteiger partial charge in [-0.25, -0.2) is 0 Å². The highest BCUT2D eigenvalue weighted by molar-refractivity contribution is 7.06. The molecule has 136 valence electrons. The lowest BCUT2D eigenvalue weighted by Crippen LogP contribution is -2.57. The van der Waals surface area contributed by atoms with Gasteiger partial charge in [0, 0.05) is 0 Å². The van der Waals surface area contributed by atoms with Crippen molar-refractivity contribution in [3.8, 4) is 0 Å². The number of benzene rings is 2. The molecule has 0 saturated heterocycles. The van der Waals surface area contributed by atoms with Crippen molar-refractivity contribution in [1.29, 1.82) is 0 Å². The van der Waals surface area contributed by atoms with E-state index >= 15 is 0 Å². The molecule has 1 aliphatic carbocycles. The average molecular weight is 361 g/mol. The molecule has 0 amide bonds. The minimum absolute atomic E-state index is 1.13. The summed E-state index contributed by atoms with van der Waals surface area (Å²) in [5, 5.41) is 4.80. The summed E-state index contributed by atoms with van der Waals surface area (Å²) < 4.78 is 0. The van der Waals surface area contributed by atoms with E-state index < -0.39 is 8.07 Å². The third-order valence-corrected chi connectivity index (χ3v) is 10.6. The molecule has 0 saturated carbocycles. The molecular formula is C25H32Si. The van der Waals surface area contributed by atoms with Gasteiger partial charge >= 0.3 is 0 Å². The summed E-state index contributed by atoms with van der Waals surface area (Å²) >= 11 is 0. The first-order chi connectivity index (χ1) is 12.7. The van der Waals surface area contributed by atoms with Crippen LogP contribution in [0.15, 0.2) is 77.5 Å². The van der Waals surface area contributed by atoms with Crippen LogP contribution in [0.5, 0.6) is 0 Å². The zero-order valence-electron chi connectivity index (χ0n) is 16.6. The molecule has 1 aliphatic rings. The zero-order valence-corrected chi connectivity index (χ0v) is 17.6. The van der Waals surface area contributed by atoms with Gasteiger partial charge in [-0.1, -0.05) is 111 Å². The van der Waals surface area contributed by atoms with Gasteiger partial charge in [0.15, 0.2) is 0 Å². The third kappa shape index (κ3) is 3.78. The van der Waals surface area contributed by atoms with Gasteiger partial charge in [-0.2, -0.15) is 0 Å². The predicted octanol–water partition coefficient (Wildman–Crippen LogP) is 5.82. The van der Waals surface area contributed by atoms with Gasteiger partial charge in [-0.3, -0.25) is 0 Å². The van der Waals surface area contributed by atoms with Crippen LogP contribution in [0.3, 0.4) is 0 Å². The van der Waals surface area contributed by atoms with E-state index in [2.05, 4.69) is 87.1 Å². The largest absolute Gasteiger partial charge is 0.141 e. The quantitative estimate of drug-likeness (QED) is 0.521. The van der Waals surface area contributed by atoms with Crippen LogP contribution in [-0.2, 0) is 6.42 Å². The Morgan fingerprint density at radius 3 is 2.15 bits per heavy atom. The normalized spacial score (nSPS) is 16.1. The summed E-state index contributed by atoms with van der Waals surface area (Å²) in [6.45, 7) is 7.12. The van der Waals surface area contributed by atoms with Crippen LogP contribution in [0.1, 0.15) is 51.5 Å². The number of hydrogen-bond donors (Lipinski definition) is 0. The zero-order chi connectivity index (χ0) is 18.4. The van der Waals surface area contributed by atoms with Gasteiger partial charge in [-0.05, 0) is 41.6 Å². The Morgan fingerprint density at radius 1 is 0.808 bits per heavy atom. The monoisotopic (exact) mass is 360 g/mol. The Balaban J connectivity index is 2.06. The minimum Gasteiger partial charge on any atom is -0.0806 e. The fourth-order valence-electron chi connectivity index (χ4n) is 4.25. The maximum atomic E-state index is 2.56. The van der Waals surface area contributed by atoms with Crippen molar-refractivity contribution in [2.45, 2.75) is 58.9 Å². The maximum Gasteiger partial charge on any atom is 0.141 e. The Kier molecular flexibility index (Phi) is 6.32. The molecule has 2 aromatic rings. The number of hydrogen-bond acceptors (Lipinski definition) is 0. The molecule has 1 heteroatoms. The molecule has 1 atom stereocenters. The maximum absolute atomic E-state index is 2.56. The minimum atomic E-state index is -1.91. The van der Waals surface area contributed by atoms with Crippen LogP contribution in [-0.4, -0.2) is 8.07 Å². The van der Waals surface area contributed by atoms with Crippen molar-refractivity contribution in [2.24, 2.45) is 0 Å². The molecule has 0 radical (unpaired) electrons. The van der Waals surface area contributed by atoms with Gasteiger partial charge in [-0.15, -0.1) is 0 Å². The first-order valence-electron chi connectivity index (χ1n) is 10.2. The first kappa shape index (κ1) is 18.9. The summed E-state index contributed by atoms with van der Waals surface area (Å²) in [6.07, 6.45) is 12.1. The first-order valence-corrected chi connectivity index (χ1v) is 12.7. The smallest absolute Gasteiger partial charge is 0.0806 e. The van der Waals surface area contributed by atoms with Gasteiger partial charge in [0.25, 0.3) is 0 Å². The highest BCUT2D eigenvalue weighted by atomic mass is 28.3.